The Bertz CT molecular complexity index is 1650. The molecule has 0 fully saturated rings. The number of carbonyl (C=O) groups is 1. The Kier molecular flexibility index (Phi) is 5.56. The van der Waals surface area contributed by atoms with Crippen LogP contribution in [0.4, 0.5) is 0 Å². The van der Waals surface area contributed by atoms with Crippen LogP contribution in [-0.4, -0.2) is 48.5 Å². The van der Waals surface area contributed by atoms with Crippen LogP contribution in [0.15, 0.2) is 53.2 Å². The molecule has 0 radical (unpaired) electrons. The van der Waals surface area contributed by atoms with Gasteiger partial charge in [-0.05, 0) is 58.7 Å². The van der Waals surface area contributed by atoms with Gasteiger partial charge in [0.25, 0.3) is 0 Å². The number of methoxy groups -OCH3 is 2. The fourth-order valence-electron chi connectivity index (χ4n) is 4.70. The Morgan fingerprint density at radius 1 is 0.946 bits per heavy atom. The lowest BCUT2D eigenvalue weighted by atomic mass is 10.0. The van der Waals surface area contributed by atoms with E-state index in [1.54, 1.807) is 27.2 Å². The summed E-state index contributed by atoms with van der Waals surface area (Å²) in [5, 5.41) is 8.68. The summed E-state index contributed by atoms with van der Waals surface area (Å²) in [7, 11) is 3.15. The van der Waals surface area contributed by atoms with Crippen LogP contribution in [0.5, 0.6) is 23.0 Å². The van der Waals surface area contributed by atoms with Crippen LogP contribution in [0.2, 0.25) is 0 Å². The van der Waals surface area contributed by atoms with Crippen LogP contribution >= 0.6 is 0 Å². The number of benzene rings is 3. The van der Waals surface area contributed by atoms with E-state index in [9.17, 15) is 4.79 Å². The van der Waals surface area contributed by atoms with Crippen molar-refractivity contribution in [3.05, 3.63) is 59.8 Å². The highest BCUT2D eigenvalue weighted by atomic mass is 16.7. The number of hydrogen-bond donors (Lipinski definition) is 0. The molecule has 0 saturated carbocycles. The highest BCUT2D eigenvalue weighted by Crippen LogP contribution is 2.42. The van der Waals surface area contributed by atoms with Gasteiger partial charge < -0.3 is 28.3 Å². The van der Waals surface area contributed by atoms with Crippen molar-refractivity contribution in [1.82, 2.24) is 14.9 Å². The van der Waals surface area contributed by atoms with Gasteiger partial charge in [-0.15, -0.1) is 0 Å². The van der Waals surface area contributed by atoms with Crippen molar-refractivity contribution in [3.8, 4) is 34.1 Å². The number of nitrogens with zero attached hydrogens (tertiary/aromatic N) is 3. The van der Waals surface area contributed by atoms with Gasteiger partial charge in [0.15, 0.2) is 23.0 Å². The first-order chi connectivity index (χ1) is 18.1. The van der Waals surface area contributed by atoms with E-state index < -0.39 is 5.97 Å². The predicted molar refractivity (Wildman–Crippen MR) is 133 cm³/mol. The zero-order chi connectivity index (χ0) is 25.5. The monoisotopic (exact) mass is 501 g/mol. The summed E-state index contributed by atoms with van der Waals surface area (Å²) in [6.07, 6.45) is 0. The second-order valence-electron chi connectivity index (χ2n) is 8.41. The molecule has 6 rings (SSSR count). The first-order valence-electron chi connectivity index (χ1n) is 11.7. The quantitative estimate of drug-likeness (QED) is 0.290. The molecular formula is C27H23N3O7. The van der Waals surface area contributed by atoms with E-state index in [2.05, 4.69) is 10.3 Å². The van der Waals surface area contributed by atoms with Gasteiger partial charge >= 0.3 is 5.97 Å². The summed E-state index contributed by atoms with van der Waals surface area (Å²) in [5.41, 5.74) is 4.71. The first-order valence-corrected chi connectivity index (χ1v) is 11.7. The van der Waals surface area contributed by atoms with Gasteiger partial charge in [-0.25, -0.2) is 9.42 Å². The lowest BCUT2D eigenvalue weighted by Crippen LogP contribution is -2.14. The number of aromatic nitrogens is 3. The molecule has 0 saturated heterocycles. The van der Waals surface area contributed by atoms with E-state index in [0.717, 1.165) is 22.0 Å². The van der Waals surface area contributed by atoms with E-state index in [1.165, 1.54) is 0 Å². The number of rotatable bonds is 7. The molecular weight excluding hydrogens is 478 g/mol. The summed E-state index contributed by atoms with van der Waals surface area (Å²) in [6, 6.07) is 15.0. The Hall–Kier alpha value is -4.73. The maximum Gasteiger partial charge on any atom is 0.355 e. The molecule has 0 spiro atoms. The summed E-state index contributed by atoms with van der Waals surface area (Å²) < 4.78 is 34.6. The summed E-state index contributed by atoms with van der Waals surface area (Å²) >= 11 is 0. The minimum Gasteiger partial charge on any atom is -0.493 e. The highest BCUT2D eigenvalue weighted by molar-refractivity contribution is 6.10. The Morgan fingerprint density at radius 2 is 1.73 bits per heavy atom. The molecule has 1 aliphatic rings. The first kappa shape index (κ1) is 22.7. The molecule has 10 heteroatoms. The van der Waals surface area contributed by atoms with E-state index in [-0.39, 0.29) is 13.4 Å². The van der Waals surface area contributed by atoms with Crippen LogP contribution in [0.25, 0.3) is 33.1 Å². The zero-order valence-electron chi connectivity index (χ0n) is 20.4. The van der Waals surface area contributed by atoms with Crippen molar-refractivity contribution in [1.29, 1.82) is 0 Å². The third kappa shape index (κ3) is 3.77. The number of hydrogen-bond acceptors (Lipinski definition) is 9. The smallest absolute Gasteiger partial charge is 0.355 e. The van der Waals surface area contributed by atoms with Crippen molar-refractivity contribution in [2.24, 2.45) is 0 Å². The number of fused-ring (bicyclic) bond motifs is 3. The Morgan fingerprint density at radius 3 is 2.54 bits per heavy atom. The molecule has 0 N–H and O–H groups in total. The Balaban J connectivity index is 1.64. The van der Waals surface area contributed by atoms with E-state index in [4.69, 9.17) is 28.3 Å². The average molecular weight is 501 g/mol. The Labute approximate surface area is 211 Å². The summed E-state index contributed by atoms with van der Waals surface area (Å²) in [4.78, 5) is 13.5. The highest BCUT2D eigenvalue weighted by Gasteiger charge is 2.27. The molecule has 10 nitrogen and oxygen atoms in total. The number of ether oxygens (including phenoxy) is 5. The van der Waals surface area contributed by atoms with Crippen molar-refractivity contribution in [2.45, 2.75) is 13.5 Å². The molecule has 3 heterocycles. The molecule has 37 heavy (non-hydrogen) atoms. The molecule has 0 atom stereocenters. The molecule has 1 aliphatic heterocycles. The van der Waals surface area contributed by atoms with Crippen molar-refractivity contribution >= 4 is 27.9 Å². The van der Waals surface area contributed by atoms with Gasteiger partial charge in [-0.2, -0.15) is 0 Å². The largest absolute Gasteiger partial charge is 0.493 e. The number of esters is 1. The van der Waals surface area contributed by atoms with Crippen LogP contribution in [-0.2, 0) is 11.3 Å². The molecule has 188 valence electrons. The molecule has 0 bridgehead atoms. The third-order valence-corrected chi connectivity index (χ3v) is 6.36. The second kappa shape index (κ2) is 9.05. The van der Waals surface area contributed by atoms with Gasteiger partial charge in [0.1, 0.15) is 16.7 Å². The topological polar surface area (TPSA) is 107 Å². The van der Waals surface area contributed by atoms with Crippen molar-refractivity contribution in [2.75, 3.05) is 27.6 Å². The van der Waals surface area contributed by atoms with Crippen molar-refractivity contribution < 1.29 is 33.1 Å². The molecule has 2 aromatic heterocycles. The van der Waals surface area contributed by atoms with Crippen LogP contribution < -0.4 is 18.9 Å². The van der Waals surface area contributed by atoms with Crippen LogP contribution in [0, 0.1) is 0 Å². The maximum absolute atomic E-state index is 13.5. The van der Waals surface area contributed by atoms with Gasteiger partial charge in [-0.1, -0.05) is 12.1 Å². The third-order valence-electron chi connectivity index (χ3n) is 6.36. The molecule has 3 aromatic carbocycles. The van der Waals surface area contributed by atoms with Crippen LogP contribution in [0.3, 0.4) is 0 Å². The fourth-order valence-corrected chi connectivity index (χ4v) is 4.70. The molecule has 0 aliphatic carbocycles. The molecule has 5 aromatic rings. The lowest BCUT2D eigenvalue weighted by molar-refractivity contribution is 0.0516. The van der Waals surface area contributed by atoms with Gasteiger partial charge in [0.05, 0.1) is 26.3 Å². The lowest BCUT2D eigenvalue weighted by Gasteiger charge is -2.13. The van der Waals surface area contributed by atoms with Gasteiger partial charge in [-0.3, -0.25) is 0 Å². The van der Waals surface area contributed by atoms with Gasteiger partial charge in [0, 0.05) is 23.6 Å². The minimum atomic E-state index is -0.453. The average Bonchev–Trinajstić information content (AvgIpc) is 3.64. The second-order valence-corrected chi connectivity index (χ2v) is 8.41. The minimum absolute atomic E-state index is 0.180. The molecule has 0 unspecified atom stereocenters. The van der Waals surface area contributed by atoms with Crippen molar-refractivity contribution in [3.63, 3.8) is 0 Å². The SMILES string of the molecule is CCOC(=O)c1c(-c2ccc3nonc3c2)c2cc(OC)c(OC)cc2n1Cc1ccc2c(c1)OCO2. The zero-order valence-corrected chi connectivity index (χ0v) is 20.4. The standard InChI is InChI=1S/C27H23N3O7/c1-4-34-27(31)26-25(16-6-7-18-19(10-16)29-37-28-18)17-11-22(32-2)23(33-3)12-20(17)30(26)13-15-5-8-21-24(9-15)36-14-35-21/h5-12H,4,13-14H2,1-3H3. The summed E-state index contributed by atoms with van der Waals surface area (Å²) in [5.74, 6) is 1.97. The van der Waals surface area contributed by atoms with E-state index >= 15 is 0 Å². The molecule has 0 amide bonds. The number of carbonyl (C=O) groups excluding carboxylic acids is 1. The van der Waals surface area contributed by atoms with Crippen LogP contribution in [0.1, 0.15) is 23.0 Å². The van der Waals surface area contributed by atoms with E-state index in [1.807, 2.05) is 47.0 Å². The van der Waals surface area contributed by atoms with Gasteiger partial charge in [0.2, 0.25) is 6.79 Å². The summed E-state index contributed by atoms with van der Waals surface area (Å²) in [6.45, 7) is 2.55. The fraction of sp³-hybridized carbons (Fsp3) is 0.222. The van der Waals surface area contributed by atoms with E-state index in [0.29, 0.717) is 51.8 Å². The predicted octanol–water partition coefficient (Wildman–Crippen LogP) is 4.82. The normalized spacial score (nSPS) is 12.3. The maximum atomic E-state index is 13.5.